The molecule has 1 N–H and O–H groups in total. The first kappa shape index (κ1) is 13.1. The lowest BCUT2D eigenvalue weighted by Gasteiger charge is -2.04. The molecule has 16 heavy (non-hydrogen) atoms. The number of rotatable bonds is 8. The Kier molecular flexibility index (Phi) is 6.03. The third-order valence-corrected chi connectivity index (χ3v) is 2.09. The average molecular weight is 226 g/mol. The zero-order chi connectivity index (χ0) is 11.8. The van der Waals surface area contributed by atoms with E-state index in [4.69, 9.17) is 4.74 Å². The average Bonchev–Trinajstić information content (AvgIpc) is 2.66. The van der Waals surface area contributed by atoms with Crippen LogP contribution in [0, 0.1) is 5.92 Å². The van der Waals surface area contributed by atoms with Gasteiger partial charge < -0.3 is 10.1 Å². The molecule has 0 saturated carbocycles. The van der Waals surface area contributed by atoms with E-state index in [9.17, 15) is 0 Å². The second-order valence-corrected chi connectivity index (χ2v) is 4.15. The molecule has 1 aromatic heterocycles. The van der Waals surface area contributed by atoms with Crippen molar-refractivity contribution in [2.24, 2.45) is 5.92 Å². The Labute approximate surface area is 97.2 Å². The summed E-state index contributed by atoms with van der Waals surface area (Å²) in [5.41, 5.74) is 0. The Morgan fingerprint density at radius 2 is 2.31 bits per heavy atom. The maximum Gasteiger partial charge on any atom is 0.164 e. The van der Waals surface area contributed by atoms with E-state index in [2.05, 4.69) is 29.2 Å². The molecule has 0 bridgehead atoms. The van der Waals surface area contributed by atoms with Gasteiger partial charge in [-0.2, -0.15) is 5.10 Å². The number of hydrogen-bond acceptors (Lipinski definition) is 4. The van der Waals surface area contributed by atoms with E-state index in [0.717, 1.165) is 32.1 Å². The van der Waals surface area contributed by atoms with E-state index >= 15 is 0 Å². The lowest BCUT2D eigenvalue weighted by Crippen LogP contribution is -2.20. The molecule has 0 aliphatic heterocycles. The van der Waals surface area contributed by atoms with Crippen molar-refractivity contribution in [2.75, 3.05) is 19.8 Å². The fraction of sp³-hybridized carbons (Fsp3) is 0.818. The molecule has 0 saturated heterocycles. The van der Waals surface area contributed by atoms with E-state index < -0.39 is 0 Å². The molecule has 0 aliphatic carbocycles. The second-order valence-electron chi connectivity index (χ2n) is 4.15. The van der Waals surface area contributed by atoms with Crippen molar-refractivity contribution < 1.29 is 4.74 Å². The van der Waals surface area contributed by atoms with Crippen LogP contribution < -0.4 is 5.32 Å². The summed E-state index contributed by atoms with van der Waals surface area (Å²) in [6.45, 7) is 10.3. The first-order valence-corrected chi connectivity index (χ1v) is 5.89. The predicted molar refractivity (Wildman–Crippen MR) is 63.1 cm³/mol. The molecule has 1 rings (SSSR count). The van der Waals surface area contributed by atoms with Crippen LogP contribution in [0.5, 0.6) is 0 Å². The van der Waals surface area contributed by atoms with Gasteiger partial charge in [0.1, 0.15) is 6.33 Å². The fourth-order valence-electron chi connectivity index (χ4n) is 1.30. The number of ether oxygens (including phenoxy) is 1. The maximum absolute atomic E-state index is 5.26. The van der Waals surface area contributed by atoms with Gasteiger partial charge in [0.25, 0.3) is 0 Å². The van der Waals surface area contributed by atoms with Crippen LogP contribution in [0.3, 0.4) is 0 Å². The van der Waals surface area contributed by atoms with E-state index in [0.29, 0.717) is 12.5 Å². The normalized spacial score (nSPS) is 11.2. The van der Waals surface area contributed by atoms with Gasteiger partial charge in [0.05, 0.1) is 19.7 Å². The van der Waals surface area contributed by atoms with Crippen molar-refractivity contribution in [3.63, 3.8) is 0 Å². The molecular weight excluding hydrogens is 204 g/mol. The summed E-state index contributed by atoms with van der Waals surface area (Å²) in [7, 11) is 0. The number of nitrogens with one attached hydrogen (secondary N) is 1. The zero-order valence-corrected chi connectivity index (χ0v) is 10.4. The second kappa shape index (κ2) is 7.35. The highest BCUT2D eigenvalue weighted by molar-refractivity contribution is 4.80. The summed E-state index contributed by atoms with van der Waals surface area (Å²) < 4.78 is 7.08. The van der Waals surface area contributed by atoms with Crippen LogP contribution in [0.1, 0.15) is 26.6 Å². The molecule has 0 atom stereocenters. The summed E-state index contributed by atoms with van der Waals surface area (Å²) in [6.07, 6.45) is 1.76. The summed E-state index contributed by atoms with van der Waals surface area (Å²) in [5, 5.41) is 7.65. The highest BCUT2D eigenvalue weighted by Gasteiger charge is 2.00. The summed E-state index contributed by atoms with van der Waals surface area (Å²) >= 11 is 0. The molecule has 0 spiro atoms. The molecule has 1 aromatic rings. The minimum Gasteiger partial charge on any atom is -0.380 e. The van der Waals surface area contributed by atoms with E-state index in [1.165, 1.54) is 0 Å². The van der Waals surface area contributed by atoms with Gasteiger partial charge in [0, 0.05) is 6.61 Å². The largest absolute Gasteiger partial charge is 0.380 e. The fourth-order valence-corrected chi connectivity index (χ4v) is 1.30. The standard InChI is InChI=1S/C11H22N4O/c1-4-16-6-5-15-9-13-11(14-15)8-12-7-10(2)3/h9-10,12H,4-8H2,1-3H3. The summed E-state index contributed by atoms with van der Waals surface area (Å²) in [4.78, 5) is 4.23. The molecule has 0 aliphatic rings. The van der Waals surface area contributed by atoms with Crippen molar-refractivity contribution in [2.45, 2.75) is 33.9 Å². The third-order valence-electron chi connectivity index (χ3n) is 2.09. The van der Waals surface area contributed by atoms with Crippen LogP contribution in [0.15, 0.2) is 6.33 Å². The lowest BCUT2D eigenvalue weighted by molar-refractivity contribution is 0.136. The molecule has 92 valence electrons. The quantitative estimate of drug-likeness (QED) is 0.673. The SMILES string of the molecule is CCOCCn1cnc(CNCC(C)C)n1. The van der Waals surface area contributed by atoms with Crippen molar-refractivity contribution in [3.05, 3.63) is 12.2 Å². The number of aromatic nitrogens is 3. The predicted octanol–water partition coefficient (Wildman–Crippen LogP) is 1.06. The first-order chi connectivity index (χ1) is 7.72. The van der Waals surface area contributed by atoms with Gasteiger partial charge in [-0.25, -0.2) is 4.98 Å². The Hall–Kier alpha value is -0.940. The third kappa shape index (κ3) is 5.23. The van der Waals surface area contributed by atoms with Gasteiger partial charge >= 0.3 is 0 Å². The first-order valence-electron chi connectivity index (χ1n) is 5.89. The van der Waals surface area contributed by atoms with E-state index in [1.807, 2.05) is 11.6 Å². The zero-order valence-electron chi connectivity index (χ0n) is 10.4. The highest BCUT2D eigenvalue weighted by atomic mass is 16.5. The molecule has 5 heteroatoms. The Morgan fingerprint density at radius 3 is 3.00 bits per heavy atom. The van der Waals surface area contributed by atoms with Crippen LogP contribution in [0.25, 0.3) is 0 Å². The molecular formula is C11H22N4O. The lowest BCUT2D eigenvalue weighted by atomic mass is 10.2. The molecule has 0 unspecified atom stereocenters. The minimum absolute atomic E-state index is 0.653. The van der Waals surface area contributed by atoms with Crippen molar-refractivity contribution in [1.29, 1.82) is 0 Å². The summed E-state index contributed by atoms with van der Waals surface area (Å²) in [5.74, 6) is 1.50. The minimum atomic E-state index is 0.653. The van der Waals surface area contributed by atoms with Crippen LogP contribution in [0.2, 0.25) is 0 Å². The van der Waals surface area contributed by atoms with Gasteiger partial charge in [-0.15, -0.1) is 0 Å². The van der Waals surface area contributed by atoms with Crippen LogP contribution in [-0.4, -0.2) is 34.5 Å². The van der Waals surface area contributed by atoms with Gasteiger partial charge in [-0.05, 0) is 19.4 Å². The van der Waals surface area contributed by atoms with Gasteiger partial charge in [0.2, 0.25) is 0 Å². The van der Waals surface area contributed by atoms with Gasteiger partial charge in [-0.1, -0.05) is 13.8 Å². The van der Waals surface area contributed by atoms with Crippen molar-refractivity contribution in [3.8, 4) is 0 Å². The molecule has 0 radical (unpaired) electrons. The Morgan fingerprint density at radius 1 is 1.50 bits per heavy atom. The van der Waals surface area contributed by atoms with E-state index in [-0.39, 0.29) is 0 Å². The molecule has 1 heterocycles. The highest BCUT2D eigenvalue weighted by Crippen LogP contribution is 1.92. The maximum atomic E-state index is 5.26. The Bertz CT molecular complexity index is 285. The number of hydrogen-bond donors (Lipinski definition) is 1. The topological polar surface area (TPSA) is 52.0 Å². The molecule has 0 aromatic carbocycles. The summed E-state index contributed by atoms with van der Waals surface area (Å²) in [6, 6.07) is 0. The Balaban J connectivity index is 2.22. The number of nitrogens with zero attached hydrogens (tertiary/aromatic N) is 3. The smallest absolute Gasteiger partial charge is 0.164 e. The van der Waals surface area contributed by atoms with Crippen molar-refractivity contribution >= 4 is 0 Å². The van der Waals surface area contributed by atoms with E-state index in [1.54, 1.807) is 6.33 Å². The van der Waals surface area contributed by atoms with Crippen LogP contribution >= 0.6 is 0 Å². The molecule has 0 amide bonds. The van der Waals surface area contributed by atoms with Crippen LogP contribution in [0.4, 0.5) is 0 Å². The van der Waals surface area contributed by atoms with Crippen molar-refractivity contribution in [1.82, 2.24) is 20.1 Å². The monoisotopic (exact) mass is 226 g/mol. The van der Waals surface area contributed by atoms with Gasteiger partial charge in [-0.3, -0.25) is 4.68 Å². The molecule has 0 fully saturated rings. The molecule has 5 nitrogen and oxygen atoms in total. The van der Waals surface area contributed by atoms with Crippen LogP contribution in [-0.2, 0) is 17.8 Å². The van der Waals surface area contributed by atoms with Gasteiger partial charge in [0.15, 0.2) is 5.82 Å².